The minimum absolute atomic E-state index is 0.0616. The highest BCUT2D eigenvalue weighted by Gasteiger charge is 2.34. The molecule has 1 aliphatic heterocycles. The van der Waals surface area contributed by atoms with Crippen LogP contribution in [0, 0.1) is 18.7 Å². The SMILES string of the molecule is Cc1ccccc1OCC1c2ccsc2CCN1C(=O)CN(CC(C)C)C(=O)c1cccc(F)c1. The number of aryl methyl sites for hydroxylation is 1. The Morgan fingerprint density at radius 2 is 1.97 bits per heavy atom. The highest BCUT2D eigenvalue weighted by Crippen LogP contribution is 2.34. The molecule has 7 heteroatoms. The molecule has 4 rings (SSSR count). The van der Waals surface area contributed by atoms with Gasteiger partial charge in [0, 0.05) is 23.5 Å². The number of carbonyl (C=O) groups is 2. The second-order valence-electron chi connectivity index (χ2n) is 9.32. The molecule has 2 aromatic carbocycles. The van der Waals surface area contributed by atoms with Crippen LogP contribution in [0.1, 0.15) is 46.3 Å². The van der Waals surface area contributed by atoms with Gasteiger partial charge in [-0.3, -0.25) is 9.59 Å². The first kappa shape index (κ1) is 24.9. The molecular weight excluding hydrogens is 463 g/mol. The molecule has 0 radical (unpaired) electrons. The van der Waals surface area contributed by atoms with Crippen molar-refractivity contribution in [3.63, 3.8) is 0 Å². The average molecular weight is 495 g/mol. The molecule has 0 N–H and O–H groups in total. The highest BCUT2D eigenvalue weighted by molar-refractivity contribution is 7.10. The van der Waals surface area contributed by atoms with Gasteiger partial charge in [-0.1, -0.05) is 38.1 Å². The first-order chi connectivity index (χ1) is 16.8. The second-order valence-corrected chi connectivity index (χ2v) is 10.3. The van der Waals surface area contributed by atoms with Gasteiger partial charge in [-0.05, 0) is 66.1 Å². The number of amides is 2. The zero-order valence-electron chi connectivity index (χ0n) is 20.4. The molecule has 2 amide bonds. The molecule has 35 heavy (non-hydrogen) atoms. The van der Waals surface area contributed by atoms with Crippen molar-refractivity contribution in [2.45, 2.75) is 33.2 Å². The van der Waals surface area contributed by atoms with E-state index < -0.39 is 5.82 Å². The molecule has 1 aromatic heterocycles. The fourth-order valence-corrected chi connectivity index (χ4v) is 5.41. The predicted molar refractivity (Wildman–Crippen MR) is 136 cm³/mol. The maximum Gasteiger partial charge on any atom is 0.254 e. The number of thiophene rings is 1. The van der Waals surface area contributed by atoms with Crippen LogP contribution in [-0.2, 0) is 11.2 Å². The second kappa shape index (κ2) is 11.0. The summed E-state index contributed by atoms with van der Waals surface area (Å²) in [5.74, 6) is 0.00883. The number of benzene rings is 2. The van der Waals surface area contributed by atoms with Gasteiger partial charge in [-0.25, -0.2) is 4.39 Å². The van der Waals surface area contributed by atoms with Crippen LogP contribution in [0.2, 0.25) is 0 Å². The van der Waals surface area contributed by atoms with Gasteiger partial charge >= 0.3 is 0 Å². The summed E-state index contributed by atoms with van der Waals surface area (Å²) in [7, 11) is 0. The van der Waals surface area contributed by atoms with Crippen molar-refractivity contribution in [1.82, 2.24) is 9.80 Å². The standard InChI is InChI=1S/C28H31FN2O3S/c1-19(2)16-30(28(33)21-8-6-9-22(29)15-21)17-27(32)31-13-11-26-23(12-14-35-26)24(31)18-34-25-10-5-4-7-20(25)3/h4-10,12,14-15,19,24H,11,13,16-18H2,1-3H3. The maximum absolute atomic E-state index is 13.8. The van der Waals surface area contributed by atoms with Crippen molar-refractivity contribution in [1.29, 1.82) is 0 Å². The normalized spacial score (nSPS) is 15.1. The summed E-state index contributed by atoms with van der Waals surface area (Å²) in [6, 6.07) is 15.3. The molecule has 1 unspecified atom stereocenters. The van der Waals surface area contributed by atoms with E-state index in [2.05, 4.69) is 11.4 Å². The largest absolute Gasteiger partial charge is 0.491 e. The Balaban J connectivity index is 1.55. The van der Waals surface area contributed by atoms with E-state index in [0.717, 1.165) is 23.3 Å². The van der Waals surface area contributed by atoms with Gasteiger partial charge < -0.3 is 14.5 Å². The lowest BCUT2D eigenvalue weighted by atomic mass is 10.00. The molecule has 184 valence electrons. The number of rotatable bonds is 8. The predicted octanol–water partition coefficient (Wildman–Crippen LogP) is 5.50. The van der Waals surface area contributed by atoms with Crippen LogP contribution in [0.4, 0.5) is 4.39 Å². The van der Waals surface area contributed by atoms with Crippen molar-refractivity contribution >= 4 is 23.2 Å². The van der Waals surface area contributed by atoms with Crippen LogP contribution in [0.25, 0.3) is 0 Å². The summed E-state index contributed by atoms with van der Waals surface area (Å²) in [6.45, 7) is 7.23. The number of fused-ring (bicyclic) bond motifs is 1. The summed E-state index contributed by atoms with van der Waals surface area (Å²) in [5.41, 5.74) is 2.39. The van der Waals surface area contributed by atoms with E-state index >= 15 is 0 Å². The van der Waals surface area contributed by atoms with Crippen LogP contribution >= 0.6 is 11.3 Å². The minimum Gasteiger partial charge on any atom is -0.491 e. The molecule has 1 atom stereocenters. The van der Waals surface area contributed by atoms with Gasteiger partial charge in [0.2, 0.25) is 5.91 Å². The summed E-state index contributed by atoms with van der Waals surface area (Å²) in [5, 5.41) is 2.05. The summed E-state index contributed by atoms with van der Waals surface area (Å²) >= 11 is 1.70. The van der Waals surface area contributed by atoms with Gasteiger partial charge in [-0.2, -0.15) is 0 Å². The fraction of sp³-hybridized carbons (Fsp3) is 0.357. The lowest BCUT2D eigenvalue weighted by Gasteiger charge is -2.37. The molecule has 2 heterocycles. The van der Waals surface area contributed by atoms with Crippen molar-refractivity contribution in [2.24, 2.45) is 5.92 Å². The number of halogens is 1. The Kier molecular flexibility index (Phi) is 7.86. The quantitative estimate of drug-likeness (QED) is 0.416. The van der Waals surface area contributed by atoms with E-state index in [-0.39, 0.29) is 35.9 Å². The molecule has 0 saturated carbocycles. The average Bonchev–Trinajstić information content (AvgIpc) is 3.31. The molecule has 0 saturated heterocycles. The smallest absolute Gasteiger partial charge is 0.254 e. The van der Waals surface area contributed by atoms with Gasteiger partial charge in [0.1, 0.15) is 24.7 Å². The van der Waals surface area contributed by atoms with Gasteiger partial charge in [0.15, 0.2) is 0 Å². The molecule has 3 aromatic rings. The van der Waals surface area contributed by atoms with Crippen LogP contribution in [0.3, 0.4) is 0 Å². The number of ether oxygens (including phenoxy) is 1. The third-order valence-corrected chi connectivity index (χ3v) is 7.17. The number of hydrogen-bond donors (Lipinski definition) is 0. The van der Waals surface area contributed by atoms with E-state index in [0.29, 0.717) is 19.7 Å². The highest BCUT2D eigenvalue weighted by atomic mass is 32.1. The molecule has 0 bridgehead atoms. The third-order valence-electron chi connectivity index (χ3n) is 6.18. The molecule has 0 spiro atoms. The Morgan fingerprint density at radius 3 is 2.71 bits per heavy atom. The topological polar surface area (TPSA) is 49.9 Å². The zero-order chi connectivity index (χ0) is 24.9. The molecule has 0 fully saturated rings. The van der Waals surface area contributed by atoms with Crippen LogP contribution in [0.5, 0.6) is 5.75 Å². The number of hydrogen-bond acceptors (Lipinski definition) is 4. The molecule has 1 aliphatic rings. The number of para-hydroxylation sites is 1. The third kappa shape index (κ3) is 5.90. The Bertz CT molecular complexity index is 1190. The first-order valence-corrected chi connectivity index (χ1v) is 12.8. The van der Waals surface area contributed by atoms with Crippen molar-refractivity contribution in [3.05, 3.63) is 87.4 Å². The van der Waals surface area contributed by atoms with Crippen LogP contribution < -0.4 is 4.74 Å². The van der Waals surface area contributed by atoms with E-state index in [4.69, 9.17) is 4.74 Å². The molecule has 5 nitrogen and oxygen atoms in total. The Hall–Kier alpha value is -3.19. The van der Waals surface area contributed by atoms with Crippen LogP contribution in [-0.4, -0.2) is 47.9 Å². The Labute approximate surface area is 210 Å². The van der Waals surface area contributed by atoms with E-state index in [1.807, 2.05) is 49.9 Å². The van der Waals surface area contributed by atoms with E-state index in [1.54, 1.807) is 17.4 Å². The lowest BCUT2D eigenvalue weighted by molar-refractivity contribution is -0.135. The maximum atomic E-state index is 13.8. The van der Waals surface area contributed by atoms with Gasteiger partial charge in [0.25, 0.3) is 5.91 Å². The summed E-state index contributed by atoms with van der Waals surface area (Å²) < 4.78 is 19.9. The van der Waals surface area contributed by atoms with Crippen molar-refractivity contribution in [3.8, 4) is 5.75 Å². The minimum atomic E-state index is -0.471. The summed E-state index contributed by atoms with van der Waals surface area (Å²) in [4.78, 5) is 31.5. The van der Waals surface area contributed by atoms with Gasteiger partial charge in [-0.15, -0.1) is 11.3 Å². The van der Waals surface area contributed by atoms with Crippen molar-refractivity contribution in [2.75, 3.05) is 26.2 Å². The van der Waals surface area contributed by atoms with E-state index in [9.17, 15) is 14.0 Å². The zero-order valence-corrected chi connectivity index (χ0v) is 21.2. The number of nitrogens with zero attached hydrogens (tertiary/aromatic N) is 2. The fourth-order valence-electron chi connectivity index (χ4n) is 4.48. The number of carbonyl (C=O) groups excluding carboxylic acids is 2. The monoisotopic (exact) mass is 494 g/mol. The lowest BCUT2D eigenvalue weighted by Crippen LogP contribution is -2.48. The summed E-state index contributed by atoms with van der Waals surface area (Å²) in [6.07, 6.45) is 0.779. The van der Waals surface area contributed by atoms with Crippen molar-refractivity contribution < 1.29 is 18.7 Å². The van der Waals surface area contributed by atoms with Crippen LogP contribution in [0.15, 0.2) is 60.0 Å². The Morgan fingerprint density at radius 1 is 1.17 bits per heavy atom. The first-order valence-electron chi connectivity index (χ1n) is 11.9. The molecular formula is C28H31FN2O3S. The van der Waals surface area contributed by atoms with Gasteiger partial charge in [0.05, 0.1) is 6.04 Å². The van der Waals surface area contributed by atoms with E-state index in [1.165, 1.54) is 28.0 Å². The molecule has 0 aliphatic carbocycles.